The van der Waals surface area contributed by atoms with Gasteiger partial charge in [-0.3, -0.25) is 0 Å². The van der Waals surface area contributed by atoms with Gasteiger partial charge in [0.1, 0.15) is 0 Å². The first-order chi connectivity index (χ1) is 9.88. The maximum atomic E-state index is 12.1. The first-order valence-corrected chi connectivity index (χ1v) is 9.12. The lowest BCUT2D eigenvalue weighted by Gasteiger charge is -2.00. The van der Waals surface area contributed by atoms with Gasteiger partial charge < -0.3 is 0 Å². The summed E-state index contributed by atoms with van der Waals surface area (Å²) in [5, 5.41) is 2.22. The lowest BCUT2D eigenvalue weighted by Crippen LogP contribution is -1.97. The van der Waals surface area contributed by atoms with Crippen LogP contribution in [-0.2, 0) is 20.6 Å². The Morgan fingerprint density at radius 2 is 1.33 bits per heavy atom. The first-order valence-electron chi connectivity index (χ1n) is 6.36. The zero-order valence-corrected chi connectivity index (χ0v) is 13.4. The fraction of sp³-hybridized carbons (Fsp3) is 0.125. The number of hydrogen-bond acceptors (Lipinski definition) is 3. The second kappa shape index (κ2) is 6.37. The van der Waals surface area contributed by atoms with Gasteiger partial charge in [0, 0.05) is 15.7 Å². The highest BCUT2D eigenvalue weighted by molar-refractivity contribution is 7.95. The molecule has 110 valence electrons. The summed E-state index contributed by atoms with van der Waals surface area (Å²) < 4.78 is 36.3. The molecule has 0 aliphatic rings. The van der Waals surface area contributed by atoms with Crippen LogP contribution in [0, 0.1) is 13.8 Å². The van der Waals surface area contributed by atoms with Gasteiger partial charge in [0.05, 0.1) is 15.7 Å². The van der Waals surface area contributed by atoms with Gasteiger partial charge in [0.2, 0.25) is 0 Å². The molecule has 0 fully saturated rings. The molecule has 0 aliphatic carbocycles. The van der Waals surface area contributed by atoms with Crippen LogP contribution in [0.3, 0.4) is 0 Å². The second-order valence-electron chi connectivity index (χ2n) is 4.74. The molecule has 0 spiro atoms. The van der Waals surface area contributed by atoms with E-state index in [1.165, 1.54) is 5.41 Å². The molecule has 0 unspecified atom stereocenters. The quantitative estimate of drug-likeness (QED) is 0.868. The summed E-state index contributed by atoms with van der Waals surface area (Å²) in [7, 11) is -5.04. The number of rotatable bonds is 4. The summed E-state index contributed by atoms with van der Waals surface area (Å²) in [6, 6.07) is 13.7. The van der Waals surface area contributed by atoms with Crippen LogP contribution in [0.15, 0.2) is 69.1 Å². The Morgan fingerprint density at radius 3 is 1.86 bits per heavy atom. The molecule has 2 aromatic rings. The molecule has 2 aromatic carbocycles. The molecule has 5 heteroatoms. The molecule has 0 saturated carbocycles. The summed E-state index contributed by atoms with van der Waals surface area (Å²) in [5.74, 6) is 0. The van der Waals surface area contributed by atoms with Gasteiger partial charge in [-0.15, -0.1) is 0 Å². The maximum absolute atomic E-state index is 12.1. The number of sulfone groups is 1. The minimum absolute atomic E-state index is 0.199. The van der Waals surface area contributed by atoms with Gasteiger partial charge in [0.15, 0.2) is 9.84 Å². The molecule has 0 aromatic heterocycles. The Labute approximate surface area is 127 Å². The Hall–Kier alpha value is -1.72. The minimum Gasteiger partial charge on any atom is -0.250 e. The Bertz CT molecular complexity index is 771. The highest BCUT2D eigenvalue weighted by Gasteiger charge is 2.10. The van der Waals surface area contributed by atoms with E-state index in [0.29, 0.717) is 4.90 Å². The van der Waals surface area contributed by atoms with Crippen LogP contribution in [0.5, 0.6) is 0 Å². The molecular weight excluding hydrogens is 304 g/mol. The summed E-state index contributed by atoms with van der Waals surface area (Å²) in [6.07, 6.45) is 0. The molecule has 0 radical (unpaired) electrons. The highest BCUT2D eigenvalue weighted by Crippen LogP contribution is 2.15. The summed E-state index contributed by atoms with van der Waals surface area (Å²) in [5.41, 5.74) is 2.05. The van der Waals surface area contributed by atoms with Crippen LogP contribution >= 0.6 is 0 Å². The smallest absolute Gasteiger partial charge is 0.200 e. The van der Waals surface area contributed by atoms with E-state index < -0.39 is 20.6 Å². The van der Waals surface area contributed by atoms with Gasteiger partial charge in [0.25, 0.3) is 0 Å². The van der Waals surface area contributed by atoms with Crippen LogP contribution in [0.1, 0.15) is 11.1 Å². The predicted octanol–water partition coefficient (Wildman–Crippen LogP) is 3.36. The van der Waals surface area contributed by atoms with Crippen molar-refractivity contribution in [1.82, 2.24) is 0 Å². The lowest BCUT2D eigenvalue weighted by molar-refractivity contribution is 0.604. The number of aryl methyl sites for hydroxylation is 2. The third-order valence-electron chi connectivity index (χ3n) is 2.96. The zero-order chi connectivity index (χ0) is 15.5. The van der Waals surface area contributed by atoms with E-state index in [9.17, 15) is 12.6 Å². The van der Waals surface area contributed by atoms with Crippen LogP contribution in [0.2, 0.25) is 0 Å². The molecule has 0 aliphatic heterocycles. The van der Waals surface area contributed by atoms with Gasteiger partial charge >= 0.3 is 0 Å². The van der Waals surface area contributed by atoms with Gasteiger partial charge in [-0.1, -0.05) is 35.4 Å². The second-order valence-corrected chi connectivity index (χ2v) is 7.91. The van der Waals surface area contributed by atoms with Crippen molar-refractivity contribution in [3.63, 3.8) is 0 Å². The molecule has 0 saturated heterocycles. The Morgan fingerprint density at radius 1 is 0.857 bits per heavy atom. The van der Waals surface area contributed by atoms with E-state index >= 15 is 0 Å². The van der Waals surface area contributed by atoms with Crippen molar-refractivity contribution in [3.8, 4) is 0 Å². The van der Waals surface area contributed by atoms with Crippen molar-refractivity contribution in [3.05, 3.63) is 70.5 Å². The maximum Gasteiger partial charge on any atom is 0.200 e. The number of hydrogen-bond donors (Lipinski definition) is 0. The van der Waals surface area contributed by atoms with Crippen LogP contribution in [-0.4, -0.2) is 12.6 Å². The third kappa shape index (κ3) is 4.12. The van der Waals surface area contributed by atoms with Crippen molar-refractivity contribution in [2.24, 2.45) is 0 Å². The van der Waals surface area contributed by atoms with Gasteiger partial charge in [-0.25, -0.2) is 12.6 Å². The van der Waals surface area contributed by atoms with Gasteiger partial charge in [-0.2, -0.15) is 0 Å². The molecule has 21 heavy (non-hydrogen) atoms. The molecule has 0 bridgehead atoms. The van der Waals surface area contributed by atoms with Gasteiger partial charge in [-0.05, 0) is 38.1 Å². The first kappa shape index (κ1) is 15.7. The summed E-state index contributed by atoms with van der Waals surface area (Å²) in [4.78, 5) is 0.779. The topological polar surface area (TPSA) is 51.2 Å². The average Bonchev–Trinajstić information content (AvgIpc) is 2.46. The fourth-order valence-corrected chi connectivity index (χ4v) is 3.90. The molecule has 0 amide bonds. The molecule has 1 atom stereocenters. The average molecular weight is 320 g/mol. The lowest BCUT2D eigenvalue weighted by atomic mass is 10.2. The predicted molar refractivity (Wildman–Crippen MR) is 85.1 cm³/mol. The van der Waals surface area contributed by atoms with Crippen molar-refractivity contribution < 1.29 is 12.6 Å². The molecule has 0 N–H and O–H groups in total. The molecule has 3 nitrogen and oxygen atoms in total. The molecular formula is C16H16O3S2. The van der Waals surface area contributed by atoms with Crippen molar-refractivity contribution >= 4 is 20.6 Å². The zero-order valence-electron chi connectivity index (χ0n) is 11.8. The Balaban J connectivity index is 2.21. The summed E-state index contributed by atoms with van der Waals surface area (Å²) >= 11 is 0. The number of benzene rings is 2. The van der Waals surface area contributed by atoms with Crippen LogP contribution in [0.4, 0.5) is 0 Å². The van der Waals surface area contributed by atoms with E-state index in [4.69, 9.17) is 0 Å². The Kier molecular flexibility index (Phi) is 4.75. The molecule has 2 rings (SSSR count). The monoisotopic (exact) mass is 320 g/mol. The van der Waals surface area contributed by atoms with Crippen molar-refractivity contribution in [2.45, 2.75) is 23.6 Å². The standard InChI is InChI=1S/C16H16O3S2/c1-13-3-7-15(8-4-13)20(17)11-12-21(18,19)16-9-5-14(2)6-10-16/h3-12H,1-2H3/b12-11-/t20-/m1/s1. The SMILES string of the molecule is Cc1ccc([S@](=O)/C=C\S(=O)(=O)c2ccc(C)cc2)cc1. The van der Waals surface area contributed by atoms with E-state index in [2.05, 4.69) is 0 Å². The minimum atomic E-state index is -3.56. The van der Waals surface area contributed by atoms with Crippen LogP contribution < -0.4 is 0 Å². The molecule has 0 heterocycles. The fourth-order valence-electron chi connectivity index (χ4n) is 1.68. The highest BCUT2D eigenvalue weighted by atomic mass is 32.2. The third-order valence-corrected chi connectivity index (χ3v) is 5.68. The van der Waals surface area contributed by atoms with E-state index in [0.717, 1.165) is 16.5 Å². The van der Waals surface area contributed by atoms with E-state index in [1.54, 1.807) is 36.4 Å². The normalized spacial score (nSPS) is 13.4. The summed E-state index contributed by atoms with van der Waals surface area (Å²) in [6.45, 7) is 3.82. The van der Waals surface area contributed by atoms with Crippen molar-refractivity contribution in [1.29, 1.82) is 0 Å². The van der Waals surface area contributed by atoms with Crippen LogP contribution in [0.25, 0.3) is 0 Å². The van der Waals surface area contributed by atoms with Crippen molar-refractivity contribution in [2.75, 3.05) is 0 Å². The van der Waals surface area contributed by atoms with E-state index in [-0.39, 0.29) is 4.90 Å². The largest absolute Gasteiger partial charge is 0.250 e. The van der Waals surface area contributed by atoms with E-state index in [1.807, 2.05) is 26.0 Å².